The standard InChI is InChI=1S/C21H26F3N5O/c22-21(23,24)16-6-9-19(29-14-25-13-26-29)18(10-16)27-20(30)12-28(17-7-8-17)11-15-4-2-1-3-5-15/h6,9-10,13-15,17H,1-5,7-8,11-12H2,(H,27,30). The van der Waals surface area contributed by atoms with Crippen LogP contribution >= 0.6 is 0 Å². The molecule has 1 aromatic heterocycles. The van der Waals surface area contributed by atoms with Crippen LogP contribution in [0.4, 0.5) is 18.9 Å². The normalized spacial score (nSPS) is 18.0. The number of nitrogens with one attached hydrogen (secondary N) is 1. The molecule has 9 heteroatoms. The molecule has 1 heterocycles. The Balaban J connectivity index is 1.49. The number of carbonyl (C=O) groups excluding carboxylic acids is 1. The van der Waals surface area contributed by atoms with E-state index >= 15 is 0 Å². The van der Waals surface area contributed by atoms with Crippen molar-refractivity contribution in [1.82, 2.24) is 19.7 Å². The Hall–Kier alpha value is -2.42. The minimum atomic E-state index is -4.50. The van der Waals surface area contributed by atoms with Crippen molar-refractivity contribution in [3.8, 4) is 5.69 Å². The van der Waals surface area contributed by atoms with Crippen LogP contribution in [0, 0.1) is 5.92 Å². The summed E-state index contributed by atoms with van der Waals surface area (Å²) in [7, 11) is 0. The zero-order valence-electron chi connectivity index (χ0n) is 16.7. The maximum atomic E-state index is 13.2. The van der Waals surface area contributed by atoms with Crippen molar-refractivity contribution in [3.63, 3.8) is 0 Å². The minimum absolute atomic E-state index is 0.0775. The molecule has 0 radical (unpaired) electrons. The lowest BCUT2D eigenvalue weighted by Crippen LogP contribution is -2.38. The van der Waals surface area contributed by atoms with Crippen LogP contribution in [0.15, 0.2) is 30.9 Å². The van der Waals surface area contributed by atoms with Crippen molar-refractivity contribution in [2.45, 2.75) is 57.2 Å². The predicted octanol–water partition coefficient (Wildman–Crippen LogP) is 4.27. The smallest absolute Gasteiger partial charge is 0.323 e. The van der Waals surface area contributed by atoms with E-state index in [1.54, 1.807) is 0 Å². The van der Waals surface area contributed by atoms with Crippen molar-refractivity contribution < 1.29 is 18.0 Å². The van der Waals surface area contributed by atoms with Crippen LogP contribution in [0.3, 0.4) is 0 Å². The van der Waals surface area contributed by atoms with E-state index in [0.717, 1.165) is 31.5 Å². The molecular formula is C21H26F3N5O. The summed E-state index contributed by atoms with van der Waals surface area (Å²) in [5.74, 6) is 0.296. The molecule has 1 amide bonds. The maximum absolute atomic E-state index is 13.2. The summed E-state index contributed by atoms with van der Waals surface area (Å²) in [6, 6.07) is 3.64. The lowest BCUT2D eigenvalue weighted by atomic mass is 9.89. The molecule has 162 valence electrons. The van der Waals surface area contributed by atoms with Gasteiger partial charge in [-0.25, -0.2) is 9.67 Å². The van der Waals surface area contributed by atoms with E-state index in [9.17, 15) is 18.0 Å². The van der Waals surface area contributed by atoms with Gasteiger partial charge in [-0.15, -0.1) is 0 Å². The van der Waals surface area contributed by atoms with E-state index in [2.05, 4.69) is 20.3 Å². The van der Waals surface area contributed by atoms with Crippen LogP contribution in [-0.4, -0.2) is 44.7 Å². The van der Waals surface area contributed by atoms with Crippen LogP contribution < -0.4 is 5.32 Å². The van der Waals surface area contributed by atoms with Gasteiger partial charge in [0, 0.05) is 12.6 Å². The molecule has 2 aliphatic rings. The van der Waals surface area contributed by atoms with E-state index in [4.69, 9.17) is 0 Å². The van der Waals surface area contributed by atoms with Gasteiger partial charge in [-0.3, -0.25) is 9.69 Å². The molecule has 6 nitrogen and oxygen atoms in total. The summed E-state index contributed by atoms with van der Waals surface area (Å²) in [4.78, 5) is 18.8. The van der Waals surface area contributed by atoms with E-state index in [1.807, 2.05) is 0 Å². The van der Waals surface area contributed by atoms with Gasteiger partial charge in [0.1, 0.15) is 12.7 Å². The number of benzene rings is 1. The number of carbonyl (C=O) groups is 1. The molecular weight excluding hydrogens is 395 g/mol. The first-order valence-electron chi connectivity index (χ1n) is 10.5. The molecule has 0 bridgehead atoms. The SMILES string of the molecule is O=C(CN(CC1CCCCC1)C1CC1)Nc1cc(C(F)(F)F)ccc1-n1cncn1. The molecule has 0 spiro atoms. The van der Waals surface area contributed by atoms with Crippen LogP contribution in [0.2, 0.25) is 0 Å². The van der Waals surface area contributed by atoms with Gasteiger partial charge in [-0.05, 0) is 49.8 Å². The topological polar surface area (TPSA) is 63.1 Å². The van der Waals surface area contributed by atoms with Gasteiger partial charge in [0.25, 0.3) is 0 Å². The maximum Gasteiger partial charge on any atom is 0.416 e. The molecule has 2 saturated carbocycles. The first-order chi connectivity index (χ1) is 14.4. The Bertz CT molecular complexity index is 858. The summed E-state index contributed by atoms with van der Waals surface area (Å²) < 4.78 is 41.0. The highest BCUT2D eigenvalue weighted by molar-refractivity contribution is 5.94. The van der Waals surface area contributed by atoms with E-state index in [-0.39, 0.29) is 18.1 Å². The minimum Gasteiger partial charge on any atom is -0.323 e. The third-order valence-corrected chi connectivity index (χ3v) is 5.89. The van der Waals surface area contributed by atoms with Gasteiger partial charge in [-0.2, -0.15) is 18.3 Å². The Morgan fingerprint density at radius 2 is 1.93 bits per heavy atom. The Morgan fingerprint density at radius 3 is 2.57 bits per heavy atom. The number of hydrogen-bond acceptors (Lipinski definition) is 4. The fourth-order valence-electron chi connectivity index (χ4n) is 4.20. The zero-order chi connectivity index (χ0) is 21.1. The molecule has 0 aliphatic heterocycles. The zero-order valence-corrected chi connectivity index (χ0v) is 16.7. The van der Waals surface area contributed by atoms with Gasteiger partial charge < -0.3 is 5.32 Å². The number of halogens is 3. The number of nitrogens with zero attached hydrogens (tertiary/aromatic N) is 4. The van der Waals surface area contributed by atoms with E-state index < -0.39 is 11.7 Å². The number of anilines is 1. The Morgan fingerprint density at radius 1 is 1.17 bits per heavy atom. The third-order valence-electron chi connectivity index (χ3n) is 5.89. The highest BCUT2D eigenvalue weighted by atomic mass is 19.4. The highest BCUT2D eigenvalue weighted by Gasteiger charge is 2.33. The third kappa shape index (κ3) is 5.19. The van der Waals surface area contributed by atoms with Crippen LogP contribution in [-0.2, 0) is 11.0 Å². The summed E-state index contributed by atoms with van der Waals surface area (Å²) in [6.07, 6.45) is 6.47. The van der Waals surface area contributed by atoms with Crippen molar-refractivity contribution in [1.29, 1.82) is 0 Å². The van der Waals surface area contributed by atoms with E-state index in [1.165, 1.54) is 55.5 Å². The second-order valence-electron chi connectivity index (χ2n) is 8.28. The van der Waals surface area contributed by atoms with Crippen LogP contribution in [0.5, 0.6) is 0 Å². The lowest BCUT2D eigenvalue weighted by Gasteiger charge is -2.29. The quantitative estimate of drug-likeness (QED) is 0.725. The number of hydrogen-bond donors (Lipinski definition) is 1. The molecule has 4 rings (SSSR count). The number of amides is 1. The first-order valence-corrected chi connectivity index (χ1v) is 10.5. The molecule has 1 aromatic carbocycles. The fraction of sp³-hybridized carbons (Fsp3) is 0.571. The molecule has 0 atom stereocenters. The summed E-state index contributed by atoms with van der Waals surface area (Å²) >= 11 is 0. The molecule has 2 fully saturated rings. The van der Waals surface area contributed by atoms with Gasteiger partial charge in [0.05, 0.1) is 23.5 Å². The second-order valence-corrected chi connectivity index (χ2v) is 8.28. The summed E-state index contributed by atoms with van der Waals surface area (Å²) in [6.45, 7) is 1.07. The van der Waals surface area contributed by atoms with Gasteiger partial charge >= 0.3 is 6.18 Å². The highest BCUT2D eigenvalue weighted by Crippen LogP contribution is 2.34. The van der Waals surface area contributed by atoms with Crippen molar-refractivity contribution in [3.05, 3.63) is 36.4 Å². The molecule has 30 heavy (non-hydrogen) atoms. The van der Waals surface area contributed by atoms with Crippen molar-refractivity contribution >= 4 is 11.6 Å². The number of rotatable bonds is 7. The molecule has 0 unspecified atom stereocenters. The monoisotopic (exact) mass is 421 g/mol. The van der Waals surface area contributed by atoms with Crippen LogP contribution in [0.1, 0.15) is 50.5 Å². The average Bonchev–Trinajstić information content (AvgIpc) is 3.42. The largest absolute Gasteiger partial charge is 0.416 e. The fourth-order valence-corrected chi connectivity index (χ4v) is 4.20. The van der Waals surface area contributed by atoms with E-state index in [0.29, 0.717) is 17.6 Å². The molecule has 0 saturated heterocycles. The number of alkyl halides is 3. The predicted molar refractivity (Wildman–Crippen MR) is 106 cm³/mol. The lowest BCUT2D eigenvalue weighted by molar-refractivity contribution is -0.137. The summed E-state index contributed by atoms with van der Waals surface area (Å²) in [5, 5.41) is 6.68. The molecule has 1 N–H and O–H groups in total. The Kier molecular flexibility index (Phi) is 6.08. The first kappa shape index (κ1) is 20.8. The number of aromatic nitrogens is 3. The van der Waals surface area contributed by atoms with Gasteiger partial charge in [0.2, 0.25) is 5.91 Å². The molecule has 2 aromatic rings. The van der Waals surface area contributed by atoms with Crippen molar-refractivity contribution in [2.75, 3.05) is 18.4 Å². The van der Waals surface area contributed by atoms with Crippen LogP contribution in [0.25, 0.3) is 5.69 Å². The van der Waals surface area contributed by atoms with Gasteiger partial charge in [0.15, 0.2) is 0 Å². The van der Waals surface area contributed by atoms with Gasteiger partial charge in [-0.1, -0.05) is 19.3 Å². The summed E-state index contributed by atoms with van der Waals surface area (Å²) in [5.41, 5.74) is -0.393. The van der Waals surface area contributed by atoms with Crippen molar-refractivity contribution in [2.24, 2.45) is 5.92 Å². The average molecular weight is 421 g/mol. The molecule has 2 aliphatic carbocycles. The Labute approximate surface area is 173 Å². The second kappa shape index (κ2) is 8.75.